The standard InChI is InChI=1S/C22H25N3O2S/c1-3-18-19(17-9-5-4-6-10-17)20-21(28-18)23-14-25(22(20)27)13-16-8-7-11-24(12-16)15(2)26/h4-6,9-10,14,16H,3,7-8,11-13H2,1-2H3/t16-/m1/s1. The first-order chi connectivity index (χ1) is 13.6. The van der Waals surface area contributed by atoms with Crippen molar-refractivity contribution in [3.8, 4) is 11.1 Å². The van der Waals surface area contributed by atoms with E-state index in [1.807, 2.05) is 23.1 Å². The van der Waals surface area contributed by atoms with Crippen molar-refractivity contribution in [2.24, 2.45) is 5.92 Å². The number of hydrogen-bond donors (Lipinski definition) is 0. The highest BCUT2D eigenvalue weighted by molar-refractivity contribution is 7.19. The van der Waals surface area contributed by atoms with Crippen molar-refractivity contribution in [2.75, 3.05) is 13.1 Å². The molecule has 3 aromatic rings. The van der Waals surface area contributed by atoms with Crippen LogP contribution in [0.5, 0.6) is 0 Å². The lowest BCUT2D eigenvalue weighted by molar-refractivity contribution is -0.130. The van der Waals surface area contributed by atoms with Crippen LogP contribution in [0.2, 0.25) is 0 Å². The van der Waals surface area contributed by atoms with Crippen LogP contribution in [0.1, 0.15) is 31.6 Å². The minimum atomic E-state index is 0.0275. The molecule has 1 saturated heterocycles. The number of thiophene rings is 1. The van der Waals surface area contributed by atoms with E-state index in [1.54, 1.807) is 29.2 Å². The number of rotatable bonds is 4. The Balaban J connectivity index is 1.74. The zero-order valence-electron chi connectivity index (χ0n) is 16.4. The van der Waals surface area contributed by atoms with Gasteiger partial charge in [-0.2, -0.15) is 0 Å². The molecule has 1 atom stereocenters. The lowest BCUT2D eigenvalue weighted by Gasteiger charge is -2.32. The number of likely N-dealkylation sites (tertiary alicyclic amines) is 1. The van der Waals surface area contributed by atoms with Crippen LogP contribution in [-0.4, -0.2) is 33.4 Å². The minimum absolute atomic E-state index is 0.0275. The highest BCUT2D eigenvalue weighted by atomic mass is 32.1. The number of nitrogens with zero attached hydrogens (tertiary/aromatic N) is 3. The maximum absolute atomic E-state index is 13.4. The van der Waals surface area contributed by atoms with Gasteiger partial charge in [-0.15, -0.1) is 11.3 Å². The van der Waals surface area contributed by atoms with Gasteiger partial charge in [-0.1, -0.05) is 37.3 Å². The Morgan fingerprint density at radius 1 is 1.29 bits per heavy atom. The Bertz CT molecular complexity index is 1050. The molecule has 0 saturated carbocycles. The summed E-state index contributed by atoms with van der Waals surface area (Å²) in [4.78, 5) is 33.6. The molecule has 1 fully saturated rings. The minimum Gasteiger partial charge on any atom is -0.343 e. The maximum Gasteiger partial charge on any atom is 0.262 e. The van der Waals surface area contributed by atoms with Gasteiger partial charge in [-0.3, -0.25) is 14.2 Å². The van der Waals surface area contributed by atoms with Crippen LogP contribution in [-0.2, 0) is 17.8 Å². The Hall–Kier alpha value is -2.47. The Kier molecular flexibility index (Phi) is 5.31. The van der Waals surface area contributed by atoms with Gasteiger partial charge in [0.05, 0.1) is 11.7 Å². The molecular formula is C22H25N3O2S. The summed E-state index contributed by atoms with van der Waals surface area (Å²) >= 11 is 1.61. The maximum atomic E-state index is 13.4. The molecule has 3 heterocycles. The second-order valence-corrected chi connectivity index (χ2v) is 8.56. The van der Waals surface area contributed by atoms with Crippen LogP contribution in [0.15, 0.2) is 41.5 Å². The molecule has 0 aliphatic carbocycles. The fraction of sp³-hybridized carbons (Fsp3) is 0.409. The van der Waals surface area contributed by atoms with Crippen LogP contribution in [0, 0.1) is 5.92 Å². The smallest absolute Gasteiger partial charge is 0.262 e. The van der Waals surface area contributed by atoms with E-state index >= 15 is 0 Å². The average molecular weight is 396 g/mol. The molecular weight excluding hydrogens is 370 g/mol. The van der Waals surface area contributed by atoms with Crippen molar-refractivity contribution in [2.45, 2.75) is 39.7 Å². The lowest BCUT2D eigenvalue weighted by Crippen LogP contribution is -2.40. The predicted octanol–water partition coefficient (Wildman–Crippen LogP) is 3.95. The van der Waals surface area contributed by atoms with Gasteiger partial charge in [0.1, 0.15) is 4.83 Å². The second kappa shape index (κ2) is 7.87. The molecule has 1 aromatic carbocycles. The normalized spacial score (nSPS) is 17.2. The van der Waals surface area contributed by atoms with E-state index in [0.29, 0.717) is 12.5 Å². The van der Waals surface area contributed by atoms with Crippen LogP contribution in [0.3, 0.4) is 0 Å². The largest absolute Gasteiger partial charge is 0.343 e. The topological polar surface area (TPSA) is 55.2 Å². The lowest BCUT2D eigenvalue weighted by atomic mass is 9.97. The quantitative estimate of drug-likeness (QED) is 0.672. The molecule has 0 N–H and O–H groups in total. The zero-order chi connectivity index (χ0) is 19.7. The summed E-state index contributed by atoms with van der Waals surface area (Å²) < 4.78 is 1.75. The molecule has 4 rings (SSSR count). The van der Waals surface area contributed by atoms with Gasteiger partial charge < -0.3 is 4.90 Å². The van der Waals surface area contributed by atoms with Gasteiger partial charge in [0.15, 0.2) is 0 Å². The van der Waals surface area contributed by atoms with E-state index in [0.717, 1.165) is 53.7 Å². The summed E-state index contributed by atoms with van der Waals surface area (Å²) in [5.41, 5.74) is 2.13. The fourth-order valence-electron chi connectivity index (χ4n) is 4.14. The molecule has 0 spiro atoms. The van der Waals surface area contributed by atoms with E-state index in [2.05, 4.69) is 24.0 Å². The van der Waals surface area contributed by atoms with E-state index in [1.165, 1.54) is 4.88 Å². The van der Waals surface area contributed by atoms with Crippen molar-refractivity contribution >= 4 is 27.5 Å². The summed E-state index contributed by atoms with van der Waals surface area (Å²) in [5.74, 6) is 0.404. The summed E-state index contributed by atoms with van der Waals surface area (Å²) in [6, 6.07) is 10.1. The molecule has 6 heteroatoms. The summed E-state index contributed by atoms with van der Waals surface area (Å²) in [6.45, 7) is 5.88. The molecule has 1 amide bonds. The van der Waals surface area contributed by atoms with Crippen molar-refractivity contribution in [3.05, 3.63) is 51.9 Å². The summed E-state index contributed by atoms with van der Waals surface area (Å²) in [7, 11) is 0. The van der Waals surface area contributed by atoms with Crippen LogP contribution >= 0.6 is 11.3 Å². The second-order valence-electron chi connectivity index (χ2n) is 7.48. The van der Waals surface area contributed by atoms with Crippen LogP contribution < -0.4 is 5.56 Å². The van der Waals surface area contributed by atoms with E-state index < -0.39 is 0 Å². The number of benzene rings is 1. The molecule has 28 heavy (non-hydrogen) atoms. The highest BCUT2D eigenvalue weighted by Crippen LogP contribution is 2.36. The van der Waals surface area contributed by atoms with Crippen molar-refractivity contribution < 1.29 is 4.79 Å². The molecule has 2 aromatic heterocycles. The third-order valence-electron chi connectivity index (χ3n) is 5.55. The van der Waals surface area contributed by atoms with Gasteiger partial charge in [-0.05, 0) is 30.7 Å². The van der Waals surface area contributed by atoms with E-state index in [4.69, 9.17) is 0 Å². The van der Waals surface area contributed by atoms with Gasteiger partial charge in [-0.25, -0.2) is 4.98 Å². The summed E-state index contributed by atoms with van der Waals surface area (Å²) in [6.07, 6.45) is 4.58. The van der Waals surface area contributed by atoms with Gasteiger partial charge in [0, 0.05) is 37.0 Å². The third kappa shape index (κ3) is 3.49. The molecule has 0 radical (unpaired) electrons. The van der Waals surface area contributed by atoms with E-state index in [-0.39, 0.29) is 11.5 Å². The number of fused-ring (bicyclic) bond motifs is 1. The number of piperidine rings is 1. The zero-order valence-corrected chi connectivity index (χ0v) is 17.2. The summed E-state index contributed by atoms with van der Waals surface area (Å²) in [5, 5.41) is 0.731. The van der Waals surface area contributed by atoms with Crippen LogP contribution in [0.25, 0.3) is 21.3 Å². The Morgan fingerprint density at radius 3 is 2.79 bits per heavy atom. The highest BCUT2D eigenvalue weighted by Gasteiger charge is 2.23. The molecule has 0 bridgehead atoms. The molecule has 1 aliphatic heterocycles. The van der Waals surface area contributed by atoms with Gasteiger partial charge in [0.25, 0.3) is 5.56 Å². The van der Waals surface area contributed by atoms with Gasteiger partial charge >= 0.3 is 0 Å². The number of hydrogen-bond acceptors (Lipinski definition) is 4. The van der Waals surface area contributed by atoms with Crippen molar-refractivity contribution in [1.29, 1.82) is 0 Å². The fourth-order valence-corrected chi connectivity index (χ4v) is 5.23. The van der Waals surface area contributed by atoms with Crippen LogP contribution in [0.4, 0.5) is 0 Å². The SMILES string of the molecule is CCc1sc2ncn(C[C@@H]3CCCN(C(C)=O)C3)c(=O)c2c1-c1ccccc1. The number of carbonyl (C=O) groups is 1. The molecule has 1 aliphatic rings. The number of amides is 1. The monoisotopic (exact) mass is 395 g/mol. The van der Waals surface area contributed by atoms with Crippen molar-refractivity contribution in [1.82, 2.24) is 14.5 Å². The number of aromatic nitrogens is 2. The first-order valence-electron chi connectivity index (χ1n) is 9.90. The molecule has 146 valence electrons. The predicted molar refractivity (Wildman–Crippen MR) is 114 cm³/mol. The third-order valence-corrected chi connectivity index (χ3v) is 6.80. The first-order valence-corrected chi connectivity index (χ1v) is 10.7. The van der Waals surface area contributed by atoms with E-state index in [9.17, 15) is 9.59 Å². The Morgan fingerprint density at radius 2 is 2.07 bits per heavy atom. The number of aryl methyl sites for hydroxylation is 1. The first kappa shape index (κ1) is 18.9. The van der Waals surface area contributed by atoms with Gasteiger partial charge in [0.2, 0.25) is 5.91 Å². The Labute approximate surface area is 168 Å². The van der Waals surface area contributed by atoms with Crippen molar-refractivity contribution in [3.63, 3.8) is 0 Å². The average Bonchev–Trinajstić information content (AvgIpc) is 3.10. The number of carbonyl (C=O) groups excluding carboxylic acids is 1. The molecule has 5 nitrogen and oxygen atoms in total. The molecule has 0 unspecified atom stereocenters.